The Hall–Kier alpha value is -1.69. The molecule has 0 bridgehead atoms. The van der Waals surface area contributed by atoms with Crippen molar-refractivity contribution < 1.29 is 4.74 Å². The molecule has 2 aromatic heterocycles. The molecule has 0 atom stereocenters. The molecule has 3 aromatic rings. The van der Waals surface area contributed by atoms with Crippen LogP contribution in [0, 0.1) is 0 Å². The van der Waals surface area contributed by atoms with E-state index in [4.69, 9.17) is 16.3 Å². The van der Waals surface area contributed by atoms with Crippen molar-refractivity contribution in [3.05, 3.63) is 51.3 Å². The van der Waals surface area contributed by atoms with E-state index in [2.05, 4.69) is 4.98 Å². The number of rotatable bonds is 5. The molecule has 114 valence electrons. The van der Waals surface area contributed by atoms with E-state index in [0.717, 1.165) is 16.0 Å². The lowest BCUT2D eigenvalue weighted by Crippen LogP contribution is -2.22. The van der Waals surface area contributed by atoms with Crippen LogP contribution < -0.4 is 5.56 Å². The molecule has 2 heterocycles. The second kappa shape index (κ2) is 6.60. The SMILES string of the molecule is CCOCCn1cnc2scc(-c3ccc(Cl)cc3)c2c1=O. The number of halogens is 1. The average Bonchev–Trinajstić information content (AvgIpc) is 2.95. The van der Waals surface area contributed by atoms with Gasteiger partial charge in [0.2, 0.25) is 0 Å². The molecule has 0 aliphatic carbocycles. The Kier molecular flexibility index (Phi) is 4.57. The summed E-state index contributed by atoms with van der Waals surface area (Å²) in [5, 5.41) is 3.30. The van der Waals surface area contributed by atoms with Crippen molar-refractivity contribution in [3.63, 3.8) is 0 Å². The largest absolute Gasteiger partial charge is 0.380 e. The lowest BCUT2D eigenvalue weighted by molar-refractivity contribution is 0.138. The van der Waals surface area contributed by atoms with Gasteiger partial charge in [-0.05, 0) is 24.6 Å². The monoisotopic (exact) mass is 334 g/mol. The number of thiophene rings is 1. The number of nitrogens with zero attached hydrogens (tertiary/aromatic N) is 2. The minimum absolute atomic E-state index is 0.0316. The highest BCUT2D eigenvalue weighted by atomic mass is 35.5. The van der Waals surface area contributed by atoms with E-state index in [1.165, 1.54) is 11.3 Å². The van der Waals surface area contributed by atoms with Crippen LogP contribution in [0.25, 0.3) is 21.3 Å². The van der Waals surface area contributed by atoms with Crippen LogP contribution >= 0.6 is 22.9 Å². The van der Waals surface area contributed by atoms with Crippen LogP contribution in [0.3, 0.4) is 0 Å². The third kappa shape index (κ3) is 2.92. The van der Waals surface area contributed by atoms with Gasteiger partial charge < -0.3 is 4.74 Å². The summed E-state index contributed by atoms with van der Waals surface area (Å²) in [4.78, 5) is 17.8. The molecule has 0 saturated heterocycles. The minimum atomic E-state index is -0.0316. The van der Waals surface area contributed by atoms with Crippen LogP contribution in [0.15, 0.2) is 40.8 Å². The van der Waals surface area contributed by atoms with Crippen molar-refractivity contribution in [2.45, 2.75) is 13.5 Å². The van der Waals surface area contributed by atoms with E-state index in [1.54, 1.807) is 10.9 Å². The van der Waals surface area contributed by atoms with Crippen LogP contribution in [0.1, 0.15) is 6.92 Å². The molecule has 3 rings (SSSR count). The summed E-state index contributed by atoms with van der Waals surface area (Å²) in [7, 11) is 0. The normalized spacial score (nSPS) is 11.2. The van der Waals surface area contributed by atoms with Gasteiger partial charge in [0.15, 0.2) is 0 Å². The number of hydrogen-bond donors (Lipinski definition) is 0. The summed E-state index contributed by atoms with van der Waals surface area (Å²) < 4.78 is 6.92. The van der Waals surface area contributed by atoms with Gasteiger partial charge in [-0.3, -0.25) is 9.36 Å². The molecule has 22 heavy (non-hydrogen) atoms. The molecule has 6 heteroatoms. The van der Waals surface area contributed by atoms with Crippen molar-refractivity contribution in [2.24, 2.45) is 0 Å². The van der Waals surface area contributed by atoms with Crippen molar-refractivity contribution in [1.29, 1.82) is 0 Å². The fraction of sp³-hybridized carbons (Fsp3) is 0.250. The van der Waals surface area contributed by atoms with Crippen LogP contribution in [0.4, 0.5) is 0 Å². The standard InChI is InChI=1S/C16H15ClN2O2S/c1-2-21-8-7-19-10-18-15-14(16(19)20)13(9-22-15)11-3-5-12(17)6-4-11/h3-6,9-10H,2,7-8H2,1H3. The van der Waals surface area contributed by atoms with Gasteiger partial charge in [-0.15, -0.1) is 11.3 Å². The Morgan fingerprint density at radius 2 is 2.09 bits per heavy atom. The lowest BCUT2D eigenvalue weighted by atomic mass is 10.1. The summed E-state index contributed by atoms with van der Waals surface area (Å²) in [5.41, 5.74) is 1.84. The number of hydrogen-bond acceptors (Lipinski definition) is 4. The molecule has 0 N–H and O–H groups in total. The molecule has 0 radical (unpaired) electrons. The van der Waals surface area contributed by atoms with Gasteiger partial charge >= 0.3 is 0 Å². The van der Waals surface area contributed by atoms with Gasteiger partial charge in [0.05, 0.1) is 24.9 Å². The summed E-state index contributed by atoms with van der Waals surface area (Å²) in [6.45, 7) is 3.58. The van der Waals surface area contributed by atoms with Crippen molar-refractivity contribution in [3.8, 4) is 11.1 Å². The number of fused-ring (bicyclic) bond motifs is 1. The zero-order valence-corrected chi connectivity index (χ0v) is 13.7. The second-order valence-corrected chi connectivity index (χ2v) is 6.07. The minimum Gasteiger partial charge on any atom is -0.380 e. The maximum absolute atomic E-state index is 12.7. The lowest BCUT2D eigenvalue weighted by Gasteiger charge is -2.06. The molecular formula is C16H15ClN2O2S. The molecule has 0 spiro atoms. The van der Waals surface area contributed by atoms with Gasteiger partial charge in [0.1, 0.15) is 4.83 Å². The maximum Gasteiger partial charge on any atom is 0.262 e. The molecule has 0 fully saturated rings. The van der Waals surface area contributed by atoms with E-state index in [0.29, 0.717) is 30.2 Å². The highest BCUT2D eigenvalue weighted by Crippen LogP contribution is 2.31. The maximum atomic E-state index is 12.7. The van der Waals surface area contributed by atoms with Crippen molar-refractivity contribution >= 4 is 33.2 Å². The summed E-state index contributed by atoms with van der Waals surface area (Å²) in [5.74, 6) is 0. The molecule has 0 unspecified atom stereocenters. The second-order valence-electron chi connectivity index (χ2n) is 4.78. The summed E-state index contributed by atoms with van der Waals surface area (Å²) in [6, 6.07) is 7.48. The highest BCUT2D eigenvalue weighted by molar-refractivity contribution is 7.17. The number of benzene rings is 1. The first-order valence-electron chi connectivity index (χ1n) is 7.01. The Bertz CT molecular complexity index is 839. The van der Waals surface area contributed by atoms with Crippen LogP contribution in [-0.4, -0.2) is 22.8 Å². The third-order valence-electron chi connectivity index (χ3n) is 3.40. The zero-order valence-electron chi connectivity index (χ0n) is 12.1. The Balaban J connectivity index is 2.06. The van der Waals surface area contributed by atoms with Crippen LogP contribution in [0.5, 0.6) is 0 Å². The number of aromatic nitrogens is 2. The van der Waals surface area contributed by atoms with E-state index >= 15 is 0 Å². The predicted molar refractivity (Wildman–Crippen MR) is 90.8 cm³/mol. The molecule has 4 nitrogen and oxygen atoms in total. The zero-order chi connectivity index (χ0) is 15.5. The van der Waals surface area contributed by atoms with E-state index in [9.17, 15) is 4.79 Å². The molecule has 0 aliphatic heterocycles. The Labute approximate surface area is 136 Å². The fourth-order valence-electron chi connectivity index (χ4n) is 2.28. The highest BCUT2D eigenvalue weighted by Gasteiger charge is 2.13. The van der Waals surface area contributed by atoms with Crippen molar-refractivity contribution in [1.82, 2.24) is 9.55 Å². The van der Waals surface area contributed by atoms with Gasteiger partial charge in [-0.2, -0.15) is 0 Å². The summed E-state index contributed by atoms with van der Waals surface area (Å²) in [6.07, 6.45) is 1.59. The van der Waals surface area contributed by atoms with Gasteiger partial charge in [-0.1, -0.05) is 23.7 Å². The quantitative estimate of drug-likeness (QED) is 0.666. The van der Waals surface area contributed by atoms with Gasteiger partial charge in [-0.25, -0.2) is 4.98 Å². The third-order valence-corrected chi connectivity index (χ3v) is 4.53. The van der Waals surface area contributed by atoms with Crippen LogP contribution in [0.2, 0.25) is 5.02 Å². The number of ether oxygens (including phenoxy) is 1. The van der Waals surface area contributed by atoms with Gasteiger partial charge in [0, 0.05) is 22.6 Å². The molecule has 1 aromatic carbocycles. The first-order chi connectivity index (χ1) is 10.7. The molecule has 0 amide bonds. The smallest absolute Gasteiger partial charge is 0.262 e. The molecular weight excluding hydrogens is 320 g/mol. The van der Waals surface area contributed by atoms with Crippen LogP contribution in [-0.2, 0) is 11.3 Å². The average molecular weight is 335 g/mol. The van der Waals surface area contributed by atoms with Gasteiger partial charge in [0.25, 0.3) is 5.56 Å². The molecule has 0 aliphatic rings. The first-order valence-corrected chi connectivity index (χ1v) is 8.26. The molecule has 0 saturated carbocycles. The van der Waals surface area contributed by atoms with E-state index in [1.807, 2.05) is 36.6 Å². The first kappa shape index (κ1) is 15.2. The van der Waals surface area contributed by atoms with E-state index in [-0.39, 0.29) is 5.56 Å². The Morgan fingerprint density at radius 3 is 2.82 bits per heavy atom. The van der Waals surface area contributed by atoms with E-state index < -0.39 is 0 Å². The topological polar surface area (TPSA) is 44.1 Å². The summed E-state index contributed by atoms with van der Waals surface area (Å²) >= 11 is 7.40. The fourth-order valence-corrected chi connectivity index (χ4v) is 3.31. The van der Waals surface area contributed by atoms with Crippen molar-refractivity contribution in [2.75, 3.05) is 13.2 Å². The Morgan fingerprint density at radius 1 is 1.32 bits per heavy atom. The predicted octanol–water partition coefficient (Wildman–Crippen LogP) is 3.81.